The van der Waals surface area contributed by atoms with Crippen molar-refractivity contribution in [3.63, 3.8) is 0 Å². The van der Waals surface area contributed by atoms with Crippen LogP contribution in [-0.4, -0.2) is 53.2 Å². The topological polar surface area (TPSA) is 56.6 Å². The number of amides is 1. The maximum Gasteiger partial charge on any atom is 0.274 e. The second kappa shape index (κ2) is 8.28. The predicted molar refractivity (Wildman–Crippen MR) is 109 cm³/mol. The first-order chi connectivity index (χ1) is 14.3. The van der Waals surface area contributed by atoms with Gasteiger partial charge in [-0.3, -0.25) is 4.79 Å². The Kier molecular flexibility index (Phi) is 5.38. The molecule has 2 aliphatic heterocycles. The lowest BCUT2D eigenvalue weighted by Crippen LogP contribution is -2.42. The Hall–Kier alpha value is -2.18. The fraction of sp³-hybridized carbons (Fsp3) is 0.565. The molecular weight excluding hydrogens is 366 g/mol. The van der Waals surface area contributed by atoms with Gasteiger partial charge in [0.15, 0.2) is 12.0 Å². The van der Waals surface area contributed by atoms with Crippen LogP contribution in [0.15, 0.2) is 30.3 Å². The van der Waals surface area contributed by atoms with Crippen molar-refractivity contribution < 1.29 is 14.3 Å². The molecule has 2 saturated heterocycles. The Morgan fingerprint density at radius 1 is 0.966 bits per heavy atom. The van der Waals surface area contributed by atoms with E-state index in [-0.39, 0.29) is 12.2 Å². The summed E-state index contributed by atoms with van der Waals surface area (Å²) in [4.78, 5) is 15.4. The predicted octanol–water partition coefficient (Wildman–Crippen LogP) is 3.37. The highest BCUT2D eigenvalue weighted by molar-refractivity contribution is 5.94. The van der Waals surface area contributed by atoms with E-state index >= 15 is 0 Å². The lowest BCUT2D eigenvalue weighted by molar-refractivity contribution is -0.0956. The van der Waals surface area contributed by atoms with Gasteiger partial charge >= 0.3 is 0 Å². The fourth-order valence-electron chi connectivity index (χ4n) is 4.90. The van der Waals surface area contributed by atoms with Gasteiger partial charge in [0.2, 0.25) is 0 Å². The van der Waals surface area contributed by atoms with Crippen molar-refractivity contribution in [2.75, 3.05) is 26.3 Å². The van der Waals surface area contributed by atoms with Gasteiger partial charge in [-0.15, -0.1) is 0 Å². The smallest absolute Gasteiger partial charge is 0.274 e. The first kappa shape index (κ1) is 18.8. The van der Waals surface area contributed by atoms with Crippen LogP contribution in [0, 0.1) is 5.92 Å². The van der Waals surface area contributed by atoms with Crippen molar-refractivity contribution in [2.45, 2.75) is 51.2 Å². The molecule has 1 aromatic heterocycles. The fourth-order valence-corrected chi connectivity index (χ4v) is 4.90. The number of piperidine rings is 1. The summed E-state index contributed by atoms with van der Waals surface area (Å²) in [7, 11) is 0. The van der Waals surface area contributed by atoms with Crippen LogP contribution in [-0.2, 0) is 22.3 Å². The summed E-state index contributed by atoms with van der Waals surface area (Å²) >= 11 is 0. The number of nitrogens with zero attached hydrogens (tertiary/aromatic N) is 3. The van der Waals surface area contributed by atoms with E-state index in [0.29, 0.717) is 24.8 Å². The van der Waals surface area contributed by atoms with Crippen LogP contribution in [0.5, 0.6) is 0 Å². The van der Waals surface area contributed by atoms with Gasteiger partial charge in [-0.1, -0.05) is 24.6 Å². The third-order valence-corrected chi connectivity index (χ3v) is 6.49. The maximum absolute atomic E-state index is 13.4. The summed E-state index contributed by atoms with van der Waals surface area (Å²) in [5.74, 6) is 0.477. The van der Waals surface area contributed by atoms with Gasteiger partial charge in [0.05, 0.1) is 18.9 Å². The van der Waals surface area contributed by atoms with Gasteiger partial charge in [-0.25, -0.2) is 4.68 Å². The maximum atomic E-state index is 13.4. The summed E-state index contributed by atoms with van der Waals surface area (Å²) in [6, 6.07) is 10.2. The van der Waals surface area contributed by atoms with Gasteiger partial charge in [-0.05, 0) is 50.7 Å². The summed E-state index contributed by atoms with van der Waals surface area (Å²) in [6.45, 7) is 2.87. The molecule has 2 fully saturated rings. The van der Waals surface area contributed by atoms with Crippen LogP contribution < -0.4 is 0 Å². The summed E-state index contributed by atoms with van der Waals surface area (Å²) < 4.78 is 13.4. The first-order valence-electron chi connectivity index (χ1n) is 11.0. The van der Waals surface area contributed by atoms with Gasteiger partial charge < -0.3 is 14.4 Å². The zero-order valence-electron chi connectivity index (χ0n) is 16.9. The summed E-state index contributed by atoms with van der Waals surface area (Å²) in [5.41, 5.74) is 4.09. The average molecular weight is 396 g/mol. The number of aromatic nitrogens is 2. The largest absolute Gasteiger partial charge is 0.350 e. The molecule has 0 atom stereocenters. The lowest BCUT2D eigenvalue weighted by Gasteiger charge is -2.33. The normalized spacial score (nSPS) is 21.2. The Morgan fingerprint density at radius 3 is 2.45 bits per heavy atom. The number of carbonyl (C=O) groups is 1. The zero-order valence-corrected chi connectivity index (χ0v) is 16.9. The molecule has 6 nitrogen and oxygen atoms in total. The van der Waals surface area contributed by atoms with Gasteiger partial charge in [0.1, 0.15) is 0 Å². The van der Waals surface area contributed by atoms with Crippen molar-refractivity contribution in [3.8, 4) is 5.69 Å². The van der Waals surface area contributed by atoms with E-state index < -0.39 is 0 Å². The molecule has 0 unspecified atom stereocenters. The second-order valence-electron chi connectivity index (χ2n) is 8.32. The quantitative estimate of drug-likeness (QED) is 0.748. The molecule has 0 spiro atoms. The molecule has 6 heteroatoms. The van der Waals surface area contributed by atoms with Crippen LogP contribution in [0.2, 0.25) is 0 Å². The molecule has 3 aliphatic rings. The molecule has 3 heterocycles. The minimum Gasteiger partial charge on any atom is -0.350 e. The van der Waals surface area contributed by atoms with Crippen molar-refractivity contribution in [2.24, 2.45) is 5.92 Å². The number of ether oxygens (including phenoxy) is 2. The van der Waals surface area contributed by atoms with E-state index in [9.17, 15) is 4.79 Å². The Morgan fingerprint density at radius 2 is 1.69 bits per heavy atom. The molecular formula is C23H29N3O3. The first-order valence-corrected chi connectivity index (χ1v) is 11.0. The van der Waals surface area contributed by atoms with Crippen molar-refractivity contribution in [3.05, 3.63) is 47.3 Å². The second-order valence-corrected chi connectivity index (χ2v) is 8.32. The number of benzene rings is 1. The molecule has 154 valence electrons. The van der Waals surface area contributed by atoms with Crippen LogP contribution in [0.25, 0.3) is 5.69 Å². The molecule has 5 rings (SSSR count). The van der Waals surface area contributed by atoms with E-state index in [1.54, 1.807) is 0 Å². The van der Waals surface area contributed by atoms with E-state index in [0.717, 1.165) is 57.3 Å². The third-order valence-electron chi connectivity index (χ3n) is 6.49. The molecule has 0 bridgehead atoms. The standard InChI is InChI=1S/C23H29N3O3/c27-22(25-13-11-17(12-14-25)23-28-15-16-29-23)21-19-9-5-2-6-10-20(19)26(24-21)18-7-3-1-4-8-18/h1,3-4,7-8,17,23H,2,5-6,9-16H2. The number of hydrogen-bond donors (Lipinski definition) is 0. The molecule has 1 aliphatic carbocycles. The molecule has 2 aromatic rings. The Bertz CT molecular complexity index is 850. The SMILES string of the molecule is O=C(c1nn(-c2ccccc2)c2c1CCCCC2)N1CCC(C2OCCO2)CC1. The number of rotatable bonds is 3. The van der Waals surface area contributed by atoms with Crippen LogP contribution >= 0.6 is 0 Å². The monoisotopic (exact) mass is 395 g/mol. The minimum absolute atomic E-state index is 0.0826. The average Bonchev–Trinajstić information content (AvgIpc) is 3.37. The highest BCUT2D eigenvalue weighted by atomic mass is 16.7. The van der Waals surface area contributed by atoms with Gasteiger partial charge in [-0.2, -0.15) is 5.10 Å². The van der Waals surface area contributed by atoms with Crippen LogP contribution in [0.1, 0.15) is 53.8 Å². The molecule has 0 N–H and O–H groups in total. The van der Waals surface area contributed by atoms with Crippen molar-refractivity contribution in [1.29, 1.82) is 0 Å². The van der Waals surface area contributed by atoms with Crippen LogP contribution in [0.4, 0.5) is 0 Å². The Balaban J connectivity index is 1.39. The molecule has 29 heavy (non-hydrogen) atoms. The van der Waals surface area contributed by atoms with E-state index in [4.69, 9.17) is 14.6 Å². The highest BCUT2D eigenvalue weighted by Crippen LogP contribution is 2.30. The molecule has 1 aromatic carbocycles. The molecule has 1 amide bonds. The number of likely N-dealkylation sites (tertiary alicyclic amines) is 1. The van der Waals surface area contributed by atoms with E-state index in [2.05, 4.69) is 12.1 Å². The Labute approximate surface area is 171 Å². The molecule has 0 radical (unpaired) electrons. The lowest BCUT2D eigenvalue weighted by atomic mass is 9.95. The number of fused-ring (bicyclic) bond motifs is 1. The highest BCUT2D eigenvalue weighted by Gasteiger charge is 2.34. The molecule has 0 saturated carbocycles. The minimum atomic E-state index is -0.0826. The summed E-state index contributed by atoms with van der Waals surface area (Å²) in [5, 5.41) is 4.85. The third kappa shape index (κ3) is 3.71. The van der Waals surface area contributed by atoms with Crippen molar-refractivity contribution in [1.82, 2.24) is 14.7 Å². The van der Waals surface area contributed by atoms with Crippen LogP contribution in [0.3, 0.4) is 0 Å². The van der Waals surface area contributed by atoms with E-state index in [1.807, 2.05) is 27.8 Å². The van der Waals surface area contributed by atoms with Gasteiger partial charge in [0.25, 0.3) is 5.91 Å². The number of para-hydroxylation sites is 1. The van der Waals surface area contributed by atoms with Gasteiger partial charge in [0, 0.05) is 30.3 Å². The van der Waals surface area contributed by atoms with E-state index in [1.165, 1.54) is 17.7 Å². The number of carbonyl (C=O) groups excluding carboxylic acids is 1. The number of hydrogen-bond acceptors (Lipinski definition) is 4. The zero-order chi connectivity index (χ0) is 19.6. The summed E-state index contributed by atoms with van der Waals surface area (Å²) in [6.07, 6.45) is 7.21. The van der Waals surface area contributed by atoms with Crippen molar-refractivity contribution >= 4 is 5.91 Å².